The molecular weight excluding hydrogens is 480 g/mol. The monoisotopic (exact) mass is 496 g/mol. The zero-order chi connectivity index (χ0) is 22.0. The number of imide groups is 1. The number of amides is 3. The van der Waals surface area contributed by atoms with Crippen LogP contribution in [0.25, 0.3) is 17.4 Å². The molecular formula is C23H17BrN2O4S. The molecule has 0 atom stereocenters. The molecule has 8 heteroatoms. The van der Waals surface area contributed by atoms with Crippen molar-refractivity contribution in [2.75, 3.05) is 11.9 Å². The van der Waals surface area contributed by atoms with Gasteiger partial charge in [-0.15, -0.1) is 0 Å². The number of furan rings is 1. The first-order chi connectivity index (χ1) is 14.9. The van der Waals surface area contributed by atoms with Gasteiger partial charge in [0, 0.05) is 21.8 Å². The van der Waals surface area contributed by atoms with Crippen molar-refractivity contribution in [3.8, 4) is 11.3 Å². The number of halogens is 1. The fraction of sp³-hybridized carbons (Fsp3) is 0.0870. The fourth-order valence-electron chi connectivity index (χ4n) is 2.95. The van der Waals surface area contributed by atoms with Gasteiger partial charge in [0.25, 0.3) is 11.1 Å². The van der Waals surface area contributed by atoms with Crippen LogP contribution in [0.15, 0.2) is 74.5 Å². The minimum absolute atomic E-state index is 0.213. The standard InChI is InChI=1S/C23H17BrN2O4S/c1-14-2-8-17(9-3-14)25-21(27)13-26-22(28)20(31-23(26)29)12-18-10-11-19(30-18)15-4-6-16(24)7-5-15/h2-12H,13H2,1H3,(H,25,27)/b20-12-. The van der Waals surface area contributed by atoms with E-state index >= 15 is 0 Å². The predicted molar refractivity (Wildman–Crippen MR) is 124 cm³/mol. The summed E-state index contributed by atoms with van der Waals surface area (Å²) in [6, 6.07) is 18.4. The number of benzene rings is 2. The minimum atomic E-state index is -0.518. The lowest BCUT2D eigenvalue weighted by atomic mass is 10.2. The van der Waals surface area contributed by atoms with Gasteiger partial charge in [-0.05, 0) is 55.1 Å². The average molecular weight is 497 g/mol. The smallest absolute Gasteiger partial charge is 0.294 e. The van der Waals surface area contributed by atoms with Crippen LogP contribution in [0, 0.1) is 6.92 Å². The van der Waals surface area contributed by atoms with Crippen LogP contribution in [0.1, 0.15) is 11.3 Å². The van der Waals surface area contributed by atoms with E-state index in [4.69, 9.17) is 4.42 Å². The third-order valence-electron chi connectivity index (χ3n) is 4.54. The van der Waals surface area contributed by atoms with Gasteiger partial charge in [-0.3, -0.25) is 19.3 Å². The largest absolute Gasteiger partial charge is 0.457 e. The highest BCUT2D eigenvalue weighted by Crippen LogP contribution is 2.33. The van der Waals surface area contributed by atoms with E-state index in [1.807, 2.05) is 43.3 Å². The molecule has 4 rings (SSSR count). The van der Waals surface area contributed by atoms with E-state index in [0.29, 0.717) is 17.2 Å². The zero-order valence-electron chi connectivity index (χ0n) is 16.4. The molecule has 0 bridgehead atoms. The number of hydrogen-bond acceptors (Lipinski definition) is 5. The van der Waals surface area contributed by atoms with Gasteiger partial charge in [-0.1, -0.05) is 45.8 Å². The zero-order valence-corrected chi connectivity index (χ0v) is 18.8. The van der Waals surface area contributed by atoms with Crippen LogP contribution in [-0.2, 0) is 9.59 Å². The summed E-state index contributed by atoms with van der Waals surface area (Å²) < 4.78 is 6.75. The molecule has 1 aliphatic heterocycles. The Morgan fingerprint density at radius 2 is 1.77 bits per heavy atom. The van der Waals surface area contributed by atoms with Crippen LogP contribution in [0.3, 0.4) is 0 Å². The molecule has 1 saturated heterocycles. The molecule has 2 aromatic carbocycles. The SMILES string of the molecule is Cc1ccc(NC(=O)CN2C(=O)S/C(=C\c3ccc(-c4ccc(Br)cc4)o3)C2=O)cc1. The Hall–Kier alpha value is -3.10. The summed E-state index contributed by atoms with van der Waals surface area (Å²) >= 11 is 4.18. The Morgan fingerprint density at radius 1 is 1.06 bits per heavy atom. The predicted octanol–water partition coefficient (Wildman–Crippen LogP) is 5.69. The molecule has 0 spiro atoms. The summed E-state index contributed by atoms with van der Waals surface area (Å²) in [7, 11) is 0. The summed E-state index contributed by atoms with van der Waals surface area (Å²) in [4.78, 5) is 38.4. The van der Waals surface area contributed by atoms with E-state index in [-0.39, 0.29) is 11.4 Å². The molecule has 1 aromatic heterocycles. The summed E-state index contributed by atoms with van der Waals surface area (Å²) in [5.74, 6) is 0.140. The molecule has 1 aliphatic rings. The van der Waals surface area contributed by atoms with Crippen molar-refractivity contribution < 1.29 is 18.8 Å². The van der Waals surface area contributed by atoms with Crippen molar-refractivity contribution in [3.63, 3.8) is 0 Å². The fourth-order valence-corrected chi connectivity index (χ4v) is 4.03. The Morgan fingerprint density at radius 3 is 2.48 bits per heavy atom. The first-order valence-corrected chi connectivity index (χ1v) is 11.0. The molecule has 0 radical (unpaired) electrons. The highest BCUT2D eigenvalue weighted by Gasteiger charge is 2.36. The van der Waals surface area contributed by atoms with Crippen LogP contribution in [0.2, 0.25) is 0 Å². The van der Waals surface area contributed by atoms with Crippen molar-refractivity contribution >= 4 is 56.5 Å². The number of carbonyl (C=O) groups is 3. The Balaban J connectivity index is 1.44. The van der Waals surface area contributed by atoms with Crippen LogP contribution in [0.5, 0.6) is 0 Å². The first kappa shape index (κ1) is 21.1. The van der Waals surface area contributed by atoms with Gasteiger partial charge in [-0.2, -0.15) is 0 Å². The molecule has 3 aromatic rings. The maximum atomic E-state index is 12.7. The minimum Gasteiger partial charge on any atom is -0.457 e. The third-order valence-corrected chi connectivity index (χ3v) is 5.98. The van der Waals surface area contributed by atoms with Gasteiger partial charge in [0.2, 0.25) is 5.91 Å². The van der Waals surface area contributed by atoms with Gasteiger partial charge in [-0.25, -0.2) is 0 Å². The van der Waals surface area contributed by atoms with Gasteiger partial charge in [0.05, 0.1) is 4.91 Å². The highest BCUT2D eigenvalue weighted by molar-refractivity contribution is 9.10. The van der Waals surface area contributed by atoms with Crippen LogP contribution >= 0.6 is 27.7 Å². The van der Waals surface area contributed by atoms with E-state index in [9.17, 15) is 14.4 Å². The lowest BCUT2D eigenvalue weighted by Crippen LogP contribution is -2.36. The van der Waals surface area contributed by atoms with Gasteiger partial charge in [0.1, 0.15) is 18.1 Å². The van der Waals surface area contributed by atoms with Crippen molar-refractivity contribution in [2.45, 2.75) is 6.92 Å². The van der Waals surface area contributed by atoms with Crippen molar-refractivity contribution in [3.05, 3.63) is 81.4 Å². The number of aryl methyl sites for hydroxylation is 1. The Labute approximate surface area is 191 Å². The van der Waals surface area contributed by atoms with E-state index < -0.39 is 17.1 Å². The molecule has 1 N–H and O–H groups in total. The molecule has 0 saturated carbocycles. The molecule has 31 heavy (non-hydrogen) atoms. The maximum Gasteiger partial charge on any atom is 0.294 e. The average Bonchev–Trinajstić information content (AvgIpc) is 3.31. The van der Waals surface area contributed by atoms with Crippen molar-refractivity contribution in [1.82, 2.24) is 4.90 Å². The third kappa shape index (κ3) is 4.98. The number of nitrogens with zero attached hydrogens (tertiary/aromatic N) is 1. The number of rotatable bonds is 5. The topological polar surface area (TPSA) is 79.6 Å². The second-order valence-electron chi connectivity index (χ2n) is 6.89. The number of anilines is 1. The summed E-state index contributed by atoms with van der Waals surface area (Å²) in [5, 5.41) is 2.20. The molecule has 0 aliphatic carbocycles. The number of hydrogen-bond donors (Lipinski definition) is 1. The molecule has 6 nitrogen and oxygen atoms in total. The maximum absolute atomic E-state index is 12.7. The molecule has 156 valence electrons. The molecule has 2 heterocycles. The lowest BCUT2D eigenvalue weighted by molar-refractivity contribution is -0.127. The number of carbonyl (C=O) groups excluding carboxylic acids is 3. The summed E-state index contributed by atoms with van der Waals surface area (Å²) in [6.45, 7) is 1.59. The summed E-state index contributed by atoms with van der Waals surface area (Å²) in [6.07, 6.45) is 1.52. The van der Waals surface area contributed by atoms with Crippen molar-refractivity contribution in [2.24, 2.45) is 0 Å². The van der Waals surface area contributed by atoms with E-state index in [0.717, 1.165) is 32.3 Å². The van der Waals surface area contributed by atoms with Crippen LogP contribution < -0.4 is 5.32 Å². The summed E-state index contributed by atoms with van der Waals surface area (Å²) in [5.41, 5.74) is 2.56. The number of thioether (sulfide) groups is 1. The first-order valence-electron chi connectivity index (χ1n) is 9.37. The second-order valence-corrected chi connectivity index (χ2v) is 8.80. The number of nitrogens with one attached hydrogen (secondary N) is 1. The normalized spacial score (nSPS) is 15.0. The van der Waals surface area contributed by atoms with Crippen LogP contribution in [-0.4, -0.2) is 28.5 Å². The second kappa shape index (κ2) is 8.95. The van der Waals surface area contributed by atoms with E-state index in [2.05, 4.69) is 21.2 Å². The van der Waals surface area contributed by atoms with E-state index in [1.54, 1.807) is 24.3 Å². The molecule has 3 amide bonds. The van der Waals surface area contributed by atoms with E-state index in [1.165, 1.54) is 6.08 Å². The van der Waals surface area contributed by atoms with Crippen LogP contribution in [0.4, 0.5) is 10.5 Å². The van der Waals surface area contributed by atoms with Gasteiger partial charge < -0.3 is 9.73 Å². The van der Waals surface area contributed by atoms with Gasteiger partial charge in [0.15, 0.2) is 0 Å². The highest BCUT2D eigenvalue weighted by atomic mass is 79.9. The molecule has 1 fully saturated rings. The van der Waals surface area contributed by atoms with Crippen molar-refractivity contribution in [1.29, 1.82) is 0 Å². The van der Waals surface area contributed by atoms with Gasteiger partial charge >= 0.3 is 0 Å². The lowest BCUT2D eigenvalue weighted by Gasteiger charge is -2.12. The quantitative estimate of drug-likeness (QED) is 0.458. The Bertz CT molecular complexity index is 1180. The Kier molecular flexibility index (Phi) is 6.11. The molecule has 0 unspecified atom stereocenters.